The number of aryl methyl sites for hydroxylation is 1. The number of anilines is 1. The van der Waals surface area contributed by atoms with Crippen molar-refractivity contribution in [2.45, 2.75) is 23.5 Å². The van der Waals surface area contributed by atoms with E-state index in [0.29, 0.717) is 22.7 Å². The number of thioether (sulfide) groups is 1. The van der Waals surface area contributed by atoms with E-state index in [0.717, 1.165) is 17.8 Å². The van der Waals surface area contributed by atoms with Crippen LogP contribution in [0, 0.1) is 10.1 Å². The zero-order valence-electron chi connectivity index (χ0n) is 15.5. The molecular weight excluding hydrogens is 454 g/mol. The first-order valence-corrected chi connectivity index (χ1v) is 11.4. The maximum atomic E-state index is 12.3. The minimum Gasteiger partial charge on any atom is -0.320 e. The molecule has 1 amide bonds. The minimum absolute atomic E-state index is 0.0387. The first-order valence-electron chi connectivity index (χ1n) is 8.50. The lowest BCUT2D eigenvalue weighted by Crippen LogP contribution is -2.15. The number of hydrogen-bond donors (Lipinski definition) is 2. The molecule has 158 valence electrons. The summed E-state index contributed by atoms with van der Waals surface area (Å²) in [7, 11) is -3.86. The number of halogens is 1. The van der Waals surface area contributed by atoms with Crippen molar-refractivity contribution in [1.29, 1.82) is 0 Å². The Bertz CT molecular complexity index is 1260. The number of hydrogen-bond acceptors (Lipinski definition) is 7. The van der Waals surface area contributed by atoms with E-state index < -0.39 is 20.9 Å². The topological polar surface area (TPSA) is 150 Å². The Balaban J connectivity index is 1.80. The molecule has 1 heterocycles. The highest BCUT2D eigenvalue weighted by atomic mass is 35.5. The van der Waals surface area contributed by atoms with Crippen molar-refractivity contribution in [2.24, 2.45) is 5.14 Å². The summed E-state index contributed by atoms with van der Waals surface area (Å²) >= 11 is 6.89. The average Bonchev–Trinajstić information content (AvgIpc) is 3.03. The molecule has 3 aromatic rings. The minimum atomic E-state index is -3.86. The second-order valence-corrected chi connectivity index (χ2v) is 9.03. The molecule has 13 heteroatoms. The normalized spacial score (nSPS) is 11.6. The molecule has 0 aliphatic rings. The molecule has 0 fully saturated rings. The number of rotatable bonds is 7. The Morgan fingerprint density at radius 1 is 1.33 bits per heavy atom. The van der Waals surface area contributed by atoms with E-state index >= 15 is 0 Å². The predicted molar refractivity (Wildman–Crippen MR) is 114 cm³/mol. The van der Waals surface area contributed by atoms with Crippen LogP contribution >= 0.6 is 23.4 Å². The summed E-state index contributed by atoms with van der Waals surface area (Å²) in [4.78, 5) is 27.2. The van der Waals surface area contributed by atoms with Crippen molar-refractivity contribution in [3.8, 4) is 0 Å². The lowest BCUT2D eigenvalue weighted by atomic mass is 10.2. The standard InChI is InChI=1S/C17H16ClN5O5S2/c1-2-22-14-6-4-11(30(19,27)28)8-13(14)21-17(22)29-9-16(24)20-12-5-3-10(18)7-15(12)23(25)26/h3-8H,2,9H2,1H3,(H,20,24)(H2,19,27,28). The molecule has 0 spiro atoms. The second kappa shape index (κ2) is 8.60. The molecule has 2 aromatic carbocycles. The fourth-order valence-electron chi connectivity index (χ4n) is 2.76. The molecule has 30 heavy (non-hydrogen) atoms. The SMILES string of the molecule is CCn1c(SCC(=O)Nc2ccc(Cl)cc2[N+](=O)[O-])nc2cc(S(N)(=O)=O)ccc21. The number of primary sulfonamides is 1. The third-order valence-electron chi connectivity index (χ3n) is 4.09. The summed E-state index contributed by atoms with van der Waals surface area (Å²) in [6.07, 6.45) is 0. The number of carbonyl (C=O) groups is 1. The number of nitrogens with one attached hydrogen (secondary N) is 1. The number of carbonyl (C=O) groups excluding carboxylic acids is 1. The Kier molecular flexibility index (Phi) is 6.31. The Morgan fingerprint density at radius 3 is 2.70 bits per heavy atom. The van der Waals surface area contributed by atoms with E-state index in [1.165, 1.54) is 24.3 Å². The molecule has 0 unspecified atom stereocenters. The highest BCUT2D eigenvalue weighted by Crippen LogP contribution is 2.29. The van der Waals surface area contributed by atoms with E-state index in [1.54, 1.807) is 6.07 Å². The number of nitro benzene ring substituents is 1. The van der Waals surface area contributed by atoms with Crippen molar-refractivity contribution >= 4 is 61.7 Å². The third kappa shape index (κ3) is 4.73. The predicted octanol–water partition coefficient (Wildman–Crippen LogP) is 3.00. The van der Waals surface area contributed by atoms with Gasteiger partial charge in [0.25, 0.3) is 5.69 Å². The average molecular weight is 470 g/mol. The van der Waals surface area contributed by atoms with E-state index in [9.17, 15) is 23.3 Å². The summed E-state index contributed by atoms with van der Waals surface area (Å²) in [6.45, 7) is 2.42. The van der Waals surface area contributed by atoms with Gasteiger partial charge in [0.15, 0.2) is 5.16 Å². The fraction of sp³-hybridized carbons (Fsp3) is 0.176. The maximum Gasteiger partial charge on any atom is 0.294 e. The number of nitrogens with two attached hydrogens (primary N) is 1. The number of aromatic nitrogens is 2. The van der Waals surface area contributed by atoms with Gasteiger partial charge >= 0.3 is 0 Å². The van der Waals surface area contributed by atoms with Crippen LogP contribution in [-0.2, 0) is 21.4 Å². The molecule has 0 atom stereocenters. The summed E-state index contributed by atoms with van der Waals surface area (Å²) in [5.74, 6) is -0.532. The summed E-state index contributed by atoms with van der Waals surface area (Å²) in [6, 6.07) is 8.33. The van der Waals surface area contributed by atoms with Gasteiger partial charge in [0, 0.05) is 17.6 Å². The van der Waals surface area contributed by atoms with Crippen LogP contribution in [0.25, 0.3) is 11.0 Å². The van der Waals surface area contributed by atoms with Crippen LogP contribution in [0.2, 0.25) is 5.02 Å². The van der Waals surface area contributed by atoms with E-state index in [4.69, 9.17) is 16.7 Å². The van der Waals surface area contributed by atoms with Crippen LogP contribution in [0.1, 0.15) is 6.92 Å². The van der Waals surface area contributed by atoms with Crippen LogP contribution in [0.15, 0.2) is 46.5 Å². The van der Waals surface area contributed by atoms with E-state index in [1.807, 2.05) is 11.5 Å². The van der Waals surface area contributed by atoms with Gasteiger partial charge in [-0.25, -0.2) is 18.5 Å². The summed E-state index contributed by atoms with van der Waals surface area (Å²) in [5.41, 5.74) is 0.856. The van der Waals surface area contributed by atoms with Crippen LogP contribution in [0.4, 0.5) is 11.4 Å². The lowest BCUT2D eigenvalue weighted by Gasteiger charge is -2.07. The Labute approximate surface area is 180 Å². The largest absolute Gasteiger partial charge is 0.320 e. The molecule has 0 aliphatic heterocycles. The van der Waals surface area contributed by atoms with Crippen LogP contribution in [0.5, 0.6) is 0 Å². The molecular formula is C17H16ClN5O5S2. The van der Waals surface area contributed by atoms with Gasteiger partial charge < -0.3 is 9.88 Å². The number of sulfonamides is 1. The molecule has 1 aromatic heterocycles. The van der Waals surface area contributed by atoms with E-state index in [2.05, 4.69) is 10.3 Å². The molecule has 0 saturated heterocycles. The van der Waals surface area contributed by atoms with Gasteiger partial charge in [-0.3, -0.25) is 14.9 Å². The number of benzene rings is 2. The van der Waals surface area contributed by atoms with Gasteiger partial charge in [0.05, 0.1) is 26.6 Å². The highest BCUT2D eigenvalue weighted by molar-refractivity contribution is 7.99. The van der Waals surface area contributed by atoms with Crippen molar-refractivity contribution in [2.75, 3.05) is 11.1 Å². The first-order chi connectivity index (χ1) is 14.1. The van der Waals surface area contributed by atoms with Gasteiger partial charge in [-0.15, -0.1) is 0 Å². The molecule has 3 N–H and O–H groups in total. The van der Waals surface area contributed by atoms with Crippen molar-refractivity contribution < 1.29 is 18.1 Å². The monoisotopic (exact) mass is 469 g/mol. The van der Waals surface area contributed by atoms with Gasteiger partial charge in [-0.2, -0.15) is 0 Å². The number of nitrogens with zero attached hydrogens (tertiary/aromatic N) is 3. The fourth-order valence-corrected chi connectivity index (χ4v) is 4.34. The highest BCUT2D eigenvalue weighted by Gasteiger charge is 2.18. The quantitative estimate of drug-likeness (QED) is 0.306. The van der Waals surface area contributed by atoms with Gasteiger partial charge in [0.1, 0.15) is 5.69 Å². The summed E-state index contributed by atoms with van der Waals surface area (Å²) in [5, 5.41) is 19.5. The maximum absolute atomic E-state index is 12.3. The molecule has 0 saturated carbocycles. The smallest absolute Gasteiger partial charge is 0.294 e. The Morgan fingerprint density at radius 2 is 2.07 bits per heavy atom. The first kappa shape index (κ1) is 22.0. The van der Waals surface area contributed by atoms with Crippen LogP contribution in [-0.4, -0.2) is 34.6 Å². The third-order valence-corrected chi connectivity index (χ3v) is 6.21. The van der Waals surface area contributed by atoms with Crippen molar-refractivity contribution in [1.82, 2.24) is 9.55 Å². The van der Waals surface area contributed by atoms with Gasteiger partial charge in [0.2, 0.25) is 15.9 Å². The van der Waals surface area contributed by atoms with Crippen LogP contribution < -0.4 is 10.5 Å². The Hall–Kier alpha value is -2.67. The lowest BCUT2D eigenvalue weighted by molar-refractivity contribution is -0.383. The number of fused-ring (bicyclic) bond motifs is 1. The molecule has 0 radical (unpaired) electrons. The zero-order valence-corrected chi connectivity index (χ0v) is 17.9. The van der Waals surface area contributed by atoms with Gasteiger partial charge in [-0.1, -0.05) is 23.4 Å². The molecule has 0 aliphatic carbocycles. The zero-order chi connectivity index (χ0) is 22.1. The van der Waals surface area contributed by atoms with Crippen molar-refractivity contribution in [3.63, 3.8) is 0 Å². The molecule has 10 nitrogen and oxygen atoms in total. The van der Waals surface area contributed by atoms with Crippen LogP contribution in [0.3, 0.4) is 0 Å². The number of nitro groups is 1. The second-order valence-electron chi connectivity index (χ2n) is 6.09. The molecule has 3 rings (SSSR count). The number of amides is 1. The number of imidazole rings is 1. The summed E-state index contributed by atoms with van der Waals surface area (Å²) < 4.78 is 24.9. The van der Waals surface area contributed by atoms with Crippen molar-refractivity contribution in [3.05, 3.63) is 51.5 Å². The van der Waals surface area contributed by atoms with Gasteiger partial charge in [-0.05, 0) is 37.3 Å². The van der Waals surface area contributed by atoms with E-state index in [-0.39, 0.29) is 27.0 Å². The molecule has 0 bridgehead atoms.